The topological polar surface area (TPSA) is 64.6 Å². The second-order valence-corrected chi connectivity index (χ2v) is 6.00. The Morgan fingerprint density at radius 2 is 1.95 bits per heavy atom. The summed E-state index contributed by atoms with van der Waals surface area (Å²) in [4.78, 5) is 14.6. The lowest BCUT2D eigenvalue weighted by Crippen LogP contribution is -2.56. The molecule has 2 heterocycles. The average Bonchev–Trinajstić information content (AvgIpc) is 2.36. The first-order valence-electron chi connectivity index (χ1n) is 6.89. The first-order chi connectivity index (χ1) is 8.51. The lowest BCUT2D eigenvalue weighted by Gasteiger charge is -2.38. The summed E-state index contributed by atoms with van der Waals surface area (Å²) in [7, 11) is 2.09. The van der Waals surface area contributed by atoms with Crippen LogP contribution in [0.4, 0.5) is 0 Å². The van der Waals surface area contributed by atoms with Crippen molar-refractivity contribution < 1.29 is 9.90 Å². The summed E-state index contributed by atoms with van der Waals surface area (Å²) in [6.07, 6.45) is 2.15. The number of carbonyl (C=O) groups is 1. The molecule has 5 nitrogen and oxygen atoms in total. The van der Waals surface area contributed by atoms with Crippen molar-refractivity contribution >= 4 is 30.7 Å². The van der Waals surface area contributed by atoms with Crippen molar-refractivity contribution in [2.45, 2.75) is 38.3 Å². The lowest BCUT2D eigenvalue weighted by molar-refractivity contribution is -0.134. The van der Waals surface area contributed by atoms with Crippen LogP contribution in [0.5, 0.6) is 0 Å². The largest absolute Gasteiger partial charge is 0.390 e. The van der Waals surface area contributed by atoms with Crippen LogP contribution in [0.2, 0.25) is 0 Å². The SMILES string of the molecule is CN1CCC(C)(C(=O)N[C@@H]2CCNC[C@H]2O)CC1.Cl.Cl. The standard InChI is InChI=1S/C13H25N3O2.2ClH/c1-13(4-7-16(2)8-5-13)12(18)15-10-3-6-14-9-11(10)17;;/h10-11,14,17H,3-9H2,1-2H3,(H,15,18);2*1H/t10-,11-;;/m1../s1. The molecule has 7 heteroatoms. The van der Waals surface area contributed by atoms with Gasteiger partial charge < -0.3 is 20.6 Å². The lowest BCUT2D eigenvalue weighted by atomic mass is 9.79. The Morgan fingerprint density at radius 3 is 2.50 bits per heavy atom. The number of rotatable bonds is 2. The van der Waals surface area contributed by atoms with Gasteiger partial charge in [0.05, 0.1) is 12.1 Å². The number of aliphatic hydroxyl groups excluding tert-OH is 1. The molecule has 2 saturated heterocycles. The molecule has 2 rings (SSSR count). The first kappa shape index (κ1) is 19.9. The molecule has 0 aromatic carbocycles. The van der Waals surface area contributed by atoms with Crippen LogP contribution in [0.15, 0.2) is 0 Å². The van der Waals surface area contributed by atoms with E-state index in [0.29, 0.717) is 6.54 Å². The summed E-state index contributed by atoms with van der Waals surface area (Å²) in [5, 5.41) is 16.0. The van der Waals surface area contributed by atoms with Crippen molar-refractivity contribution in [2.24, 2.45) is 5.41 Å². The molecule has 2 fully saturated rings. The number of piperidine rings is 2. The number of hydrogen-bond donors (Lipinski definition) is 3. The molecule has 0 aliphatic carbocycles. The van der Waals surface area contributed by atoms with Gasteiger partial charge in [-0.15, -0.1) is 24.8 Å². The maximum Gasteiger partial charge on any atom is 0.226 e. The maximum atomic E-state index is 12.4. The van der Waals surface area contributed by atoms with Gasteiger partial charge in [-0.3, -0.25) is 4.79 Å². The van der Waals surface area contributed by atoms with Crippen molar-refractivity contribution in [1.82, 2.24) is 15.5 Å². The molecule has 3 N–H and O–H groups in total. The molecule has 2 atom stereocenters. The van der Waals surface area contributed by atoms with Crippen LogP contribution >= 0.6 is 24.8 Å². The van der Waals surface area contributed by atoms with E-state index < -0.39 is 6.10 Å². The van der Waals surface area contributed by atoms with E-state index in [1.807, 2.05) is 6.92 Å². The fraction of sp³-hybridized carbons (Fsp3) is 0.923. The second kappa shape index (κ2) is 8.39. The molecular formula is C13H27Cl2N3O2. The number of hydrogen-bond acceptors (Lipinski definition) is 4. The third-order valence-corrected chi connectivity index (χ3v) is 4.41. The summed E-state index contributed by atoms with van der Waals surface area (Å²) in [5.74, 6) is 0.113. The molecule has 2 aliphatic heterocycles. The molecule has 0 aromatic rings. The molecule has 0 aromatic heterocycles. The average molecular weight is 328 g/mol. The minimum Gasteiger partial charge on any atom is -0.390 e. The molecule has 2 aliphatic rings. The number of likely N-dealkylation sites (tertiary alicyclic amines) is 1. The van der Waals surface area contributed by atoms with Gasteiger partial charge in [-0.25, -0.2) is 0 Å². The van der Waals surface area contributed by atoms with E-state index in [4.69, 9.17) is 0 Å². The fourth-order valence-electron chi connectivity index (χ4n) is 2.69. The van der Waals surface area contributed by atoms with Gasteiger partial charge >= 0.3 is 0 Å². The summed E-state index contributed by atoms with van der Waals surface area (Å²) in [5.41, 5.74) is -0.267. The summed E-state index contributed by atoms with van der Waals surface area (Å²) in [6, 6.07) is -0.0877. The number of halogens is 2. The second-order valence-electron chi connectivity index (χ2n) is 6.00. The van der Waals surface area contributed by atoms with Gasteiger partial charge in [-0.2, -0.15) is 0 Å². The first-order valence-corrected chi connectivity index (χ1v) is 6.89. The molecule has 120 valence electrons. The van der Waals surface area contributed by atoms with Crippen LogP contribution in [0, 0.1) is 5.41 Å². The van der Waals surface area contributed by atoms with E-state index in [-0.39, 0.29) is 42.2 Å². The summed E-state index contributed by atoms with van der Waals surface area (Å²) in [6.45, 7) is 5.42. The zero-order chi connectivity index (χ0) is 13.2. The van der Waals surface area contributed by atoms with Crippen LogP contribution in [0.1, 0.15) is 26.2 Å². The molecule has 1 amide bonds. The highest BCUT2D eigenvalue weighted by molar-refractivity contribution is 5.85. The van der Waals surface area contributed by atoms with E-state index >= 15 is 0 Å². The normalized spacial score (nSPS) is 29.8. The zero-order valence-corrected chi connectivity index (χ0v) is 13.9. The Balaban J connectivity index is 0.00000180. The van der Waals surface area contributed by atoms with Gasteiger partial charge in [0.2, 0.25) is 5.91 Å². The van der Waals surface area contributed by atoms with E-state index in [1.54, 1.807) is 0 Å². The van der Waals surface area contributed by atoms with Crippen molar-refractivity contribution in [2.75, 3.05) is 33.2 Å². The highest BCUT2D eigenvalue weighted by Crippen LogP contribution is 2.30. The van der Waals surface area contributed by atoms with Gasteiger partial charge in [0.15, 0.2) is 0 Å². The number of carbonyl (C=O) groups excluding carboxylic acids is 1. The van der Waals surface area contributed by atoms with Crippen LogP contribution < -0.4 is 10.6 Å². The Hall–Kier alpha value is -0.0700. The van der Waals surface area contributed by atoms with E-state index in [2.05, 4.69) is 22.6 Å². The highest BCUT2D eigenvalue weighted by atomic mass is 35.5. The fourth-order valence-corrected chi connectivity index (χ4v) is 2.69. The molecule has 0 bridgehead atoms. The maximum absolute atomic E-state index is 12.4. The van der Waals surface area contributed by atoms with Crippen LogP contribution in [-0.2, 0) is 4.79 Å². The molecule has 0 spiro atoms. The van der Waals surface area contributed by atoms with Crippen molar-refractivity contribution in [3.05, 3.63) is 0 Å². The highest BCUT2D eigenvalue weighted by Gasteiger charge is 2.38. The van der Waals surface area contributed by atoms with Crippen LogP contribution in [0.3, 0.4) is 0 Å². The number of β-amino-alcohol motifs (C(OH)–C–C–N with tert-alkyl or cyclic N) is 1. The number of aliphatic hydroxyl groups is 1. The van der Waals surface area contributed by atoms with Gasteiger partial charge in [0.25, 0.3) is 0 Å². The predicted molar refractivity (Wildman–Crippen MR) is 84.8 cm³/mol. The molecule has 20 heavy (non-hydrogen) atoms. The van der Waals surface area contributed by atoms with Crippen LogP contribution in [-0.4, -0.2) is 61.3 Å². The molecular weight excluding hydrogens is 301 g/mol. The summed E-state index contributed by atoms with van der Waals surface area (Å²) < 4.78 is 0. The van der Waals surface area contributed by atoms with E-state index in [0.717, 1.165) is 38.9 Å². The minimum atomic E-state index is -0.461. The third kappa shape index (κ3) is 4.74. The van der Waals surface area contributed by atoms with Gasteiger partial charge in [-0.05, 0) is 45.9 Å². The van der Waals surface area contributed by atoms with E-state index in [9.17, 15) is 9.90 Å². The van der Waals surface area contributed by atoms with Gasteiger partial charge in [0.1, 0.15) is 0 Å². The Bertz CT molecular complexity index is 310. The number of nitrogens with one attached hydrogen (secondary N) is 2. The Labute approximate surface area is 133 Å². The van der Waals surface area contributed by atoms with Crippen molar-refractivity contribution in [3.63, 3.8) is 0 Å². The number of nitrogens with zero attached hydrogens (tertiary/aromatic N) is 1. The predicted octanol–water partition coefficient (Wildman–Crippen LogP) is 0.401. The third-order valence-electron chi connectivity index (χ3n) is 4.41. The van der Waals surface area contributed by atoms with Crippen LogP contribution in [0.25, 0.3) is 0 Å². The molecule has 0 saturated carbocycles. The van der Waals surface area contributed by atoms with E-state index in [1.165, 1.54) is 0 Å². The van der Waals surface area contributed by atoms with Crippen molar-refractivity contribution in [3.8, 4) is 0 Å². The Morgan fingerprint density at radius 1 is 1.35 bits per heavy atom. The molecule has 0 unspecified atom stereocenters. The van der Waals surface area contributed by atoms with Gasteiger partial charge in [0, 0.05) is 12.0 Å². The molecule has 0 radical (unpaired) electrons. The smallest absolute Gasteiger partial charge is 0.226 e. The quantitative estimate of drug-likeness (QED) is 0.687. The summed E-state index contributed by atoms with van der Waals surface area (Å²) >= 11 is 0. The minimum absolute atomic E-state index is 0. The Kier molecular flexibility index (Phi) is 8.36. The zero-order valence-electron chi connectivity index (χ0n) is 12.2. The van der Waals surface area contributed by atoms with Crippen molar-refractivity contribution in [1.29, 1.82) is 0 Å². The monoisotopic (exact) mass is 327 g/mol. The van der Waals surface area contributed by atoms with Gasteiger partial charge in [-0.1, -0.05) is 6.92 Å². The number of amides is 1.